The molecule has 0 aliphatic carbocycles. The molecule has 0 saturated carbocycles. The van der Waals surface area contributed by atoms with Gasteiger partial charge in [0.25, 0.3) is 0 Å². The second kappa shape index (κ2) is 19.2. The first-order valence-corrected chi connectivity index (χ1v) is 14.8. The molecule has 0 radical (unpaired) electrons. The van der Waals surface area contributed by atoms with E-state index >= 15 is 0 Å². The van der Waals surface area contributed by atoms with E-state index in [0.717, 1.165) is 5.56 Å². The number of aromatic hydroxyl groups is 1. The van der Waals surface area contributed by atoms with Crippen LogP contribution in [0.1, 0.15) is 42.4 Å². The molecule has 0 heterocycles. The van der Waals surface area contributed by atoms with E-state index in [1.807, 2.05) is 6.07 Å². The minimum Gasteiger partial charge on any atom is -0.504 e. The summed E-state index contributed by atoms with van der Waals surface area (Å²) in [6, 6.07) is 15.5. The molecule has 12 heteroatoms. The minimum atomic E-state index is -0.547. The minimum absolute atomic E-state index is 0.0710. The average molecular weight is 653 g/mol. The lowest BCUT2D eigenvalue weighted by Gasteiger charge is -2.16. The lowest BCUT2D eigenvalue weighted by molar-refractivity contribution is -0.141. The van der Waals surface area contributed by atoms with E-state index in [2.05, 4.69) is 9.47 Å². The maximum absolute atomic E-state index is 11.7. The van der Waals surface area contributed by atoms with Crippen LogP contribution in [-0.4, -0.2) is 64.7 Å². The van der Waals surface area contributed by atoms with Crippen LogP contribution in [0.5, 0.6) is 34.5 Å². The van der Waals surface area contributed by atoms with Gasteiger partial charge in [-0.3, -0.25) is 9.59 Å². The summed E-state index contributed by atoms with van der Waals surface area (Å²) < 4.78 is 43.2. The van der Waals surface area contributed by atoms with Crippen molar-refractivity contribution in [3.63, 3.8) is 0 Å². The molecule has 0 bridgehead atoms. The van der Waals surface area contributed by atoms with E-state index < -0.39 is 5.97 Å². The van der Waals surface area contributed by atoms with Crippen molar-refractivity contribution in [3.05, 3.63) is 77.4 Å². The van der Waals surface area contributed by atoms with Crippen LogP contribution in [0, 0.1) is 0 Å². The highest BCUT2D eigenvalue weighted by molar-refractivity contribution is 5.87. The Kier molecular flexibility index (Phi) is 14.7. The van der Waals surface area contributed by atoms with Crippen LogP contribution in [0.15, 0.2) is 60.7 Å². The SMILES string of the molecule is COC(=O)/C=C/c1cc(O)c(OC)cc1COc1ccc(COc2cccc(OCCCC(=O)OC)c2)c(OCCCC(=O)OC)c1. The van der Waals surface area contributed by atoms with Crippen molar-refractivity contribution in [2.75, 3.05) is 41.7 Å². The van der Waals surface area contributed by atoms with Crippen LogP contribution in [0.4, 0.5) is 0 Å². The van der Waals surface area contributed by atoms with Crippen molar-refractivity contribution in [2.45, 2.75) is 38.9 Å². The summed E-state index contributed by atoms with van der Waals surface area (Å²) in [5.74, 6) is 1.13. The number of phenolic OH excluding ortho intramolecular Hbond substituents is 1. The summed E-state index contributed by atoms with van der Waals surface area (Å²) in [4.78, 5) is 34.5. The molecule has 0 aliphatic heterocycles. The molecule has 47 heavy (non-hydrogen) atoms. The monoisotopic (exact) mass is 652 g/mol. The first-order valence-electron chi connectivity index (χ1n) is 14.8. The summed E-state index contributed by atoms with van der Waals surface area (Å²) in [5.41, 5.74) is 1.90. The highest BCUT2D eigenvalue weighted by Gasteiger charge is 2.13. The third-order valence-electron chi connectivity index (χ3n) is 6.71. The summed E-state index contributed by atoms with van der Waals surface area (Å²) in [5, 5.41) is 10.3. The number of ether oxygens (including phenoxy) is 8. The highest BCUT2D eigenvalue weighted by Crippen LogP contribution is 2.32. The lowest BCUT2D eigenvalue weighted by Crippen LogP contribution is -2.07. The van der Waals surface area contributed by atoms with Crippen molar-refractivity contribution in [1.29, 1.82) is 0 Å². The Balaban J connectivity index is 1.74. The van der Waals surface area contributed by atoms with E-state index in [4.69, 9.17) is 28.4 Å². The number of rotatable bonds is 19. The van der Waals surface area contributed by atoms with Gasteiger partial charge in [-0.15, -0.1) is 0 Å². The molecule has 0 aromatic heterocycles. The molecule has 3 rings (SSSR count). The zero-order valence-electron chi connectivity index (χ0n) is 26.9. The molecule has 3 aromatic carbocycles. The number of carbonyl (C=O) groups is 3. The van der Waals surface area contributed by atoms with Crippen LogP contribution in [0.3, 0.4) is 0 Å². The van der Waals surface area contributed by atoms with Crippen LogP contribution in [0.25, 0.3) is 6.08 Å². The normalized spacial score (nSPS) is 10.6. The zero-order chi connectivity index (χ0) is 34.0. The van der Waals surface area contributed by atoms with E-state index in [9.17, 15) is 19.5 Å². The predicted octanol–water partition coefficient (Wildman–Crippen LogP) is 5.41. The molecule has 0 saturated heterocycles. The zero-order valence-corrected chi connectivity index (χ0v) is 26.9. The number of hydrogen-bond donors (Lipinski definition) is 1. The first kappa shape index (κ1) is 36.1. The topological polar surface area (TPSA) is 145 Å². The molecule has 0 aliphatic rings. The molecule has 12 nitrogen and oxygen atoms in total. The van der Waals surface area contributed by atoms with Crippen molar-refractivity contribution >= 4 is 24.0 Å². The van der Waals surface area contributed by atoms with Gasteiger partial charge in [0, 0.05) is 42.2 Å². The number of hydrogen-bond acceptors (Lipinski definition) is 12. The Bertz CT molecular complexity index is 1510. The molecule has 0 unspecified atom stereocenters. The third kappa shape index (κ3) is 12.1. The Labute approximate surface area is 273 Å². The number of esters is 3. The Morgan fingerprint density at radius 1 is 0.660 bits per heavy atom. The van der Waals surface area contributed by atoms with E-state index in [1.54, 1.807) is 42.5 Å². The van der Waals surface area contributed by atoms with Gasteiger partial charge in [-0.05, 0) is 60.9 Å². The lowest BCUT2D eigenvalue weighted by atomic mass is 10.1. The standard InChI is InChI=1S/C35H40O12/c1-40-32-19-26(24(18-30(32)36)13-15-35(39)43-4)23-47-29-14-12-25(31(21-29)45-17-7-11-34(38)42-3)22-46-28-9-5-8-27(20-28)44-16-6-10-33(37)41-2/h5,8-9,12-15,18-21,36H,6-7,10-11,16-17,22-23H2,1-4H3/b15-13+. The summed E-state index contributed by atoms with van der Waals surface area (Å²) in [6.45, 7) is 0.833. The average Bonchev–Trinajstić information content (AvgIpc) is 3.09. The molecular weight excluding hydrogens is 612 g/mol. The third-order valence-corrected chi connectivity index (χ3v) is 6.71. The van der Waals surface area contributed by atoms with Gasteiger partial charge in [0.1, 0.15) is 36.2 Å². The summed E-state index contributed by atoms with van der Waals surface area (Å²) in [7, 11) is 5.39. The fourth-order valence-electron chi connectivity index (χ4n) is 4.16. The smallest absolute Gasteiger partial charge is 0.330 e. The maximum atomic E-state index is 11.7. The van der Waals surface area contributed by atoms with Crippen LogP contribution in [0.2, 0.25) is 0 Å². The van der Waals surface area contributed by atoms with Gasteiger partial charge in [-0.2, -0.15) is 0 Å². The molecule has 0 spiro atoms. The van der Waals surface area contributed by atoms with Crippen LogP contribution < -0.4 is 23.7 Å². The molecule has 0 amide bonds. The van der Waals surface area contributed by atoms with Crippen molar-refractivity contribution in [1.82, 2.24) is 0 Å². The van der Waals surface area contributed by atoms with E-state index in [-0.39, 0.29) is 56.1 Å². The molecule has 252 valence electrons. The number of benzene rings is 3. The van der Waals surface area contributed by atoms with E-state index in [0.29, 0.717) is 53.6 Å². The predicted molar refractivity (Wildman–Crippen MR) is 171 cm³/mol. The second-order valence-corrected chi connectivity index (χ2v) is 9.96. The quantitative estimate of drug-likeness (QED) is 0.0765. The van der Waals surface area contributed by atoms with Crippen LogP contribution in [-0.2, 0) is 41.8 Å². The Hall–Kier alpha value is -5.39. The fourth-order valence-corrected chi connectivity index (χ4v) is 4.16. The molecule has 0 fully saturated rings. The van der Waals surface area contributed by atoms with Gasteiger partial charge in [0.15, 0.2) is 11.5 Å². The number of carbonyl (C=O) groups excluding carboxylic acids is 3. The largest absolute Gasteiger partial charge is 0.504 e. The van der Waals surface area contributed by atoms with Crippen molar-refractivity contribution in [3.8, 4) is 34.5 Å². The summed E-state index contributed by atoms with van der Waals surface area (Å²) >= 11 is 0. The fraction of sp³-hybridized carbons (Fsp3) is 0.343. The number of methoxy groups -OCH3 is 4. The van der Waals surface area contributed by atoms with Gasteiger partial charge < -0.3 is 43.0 Å². The Morgan fingerprint density at radius 3 is 1.91 bits per heavy atom. The second-order valence-electron chi connectivity index (χ2n) is 9.96. The summed E-state index contributed by atoms with van der Waals surface area (Å²) in [6.07, 6.45) is 4.20. The van der Waals surface area contributed by atoms with Gasteiger partial charge in [0.2, 0.25) is 0 Å². The molecule has 1 N–H and O–H groups in total. The van der Waals surface area contributed by atoms with Crippen molar-refractivity contribution in [2.24, 2.45) is 0 Å². The van der Waals surface area contributed by atoms with Gasteiger partial charge in [-0.1, -0.05) is 6.07 Å². The van der Waals surface area contributed by atoms with Gasteiger partial charge in [0.05, 0.1) is 41.7 Å². The molecule has 3 aromatic rings. The molecule has 0 atom stereocenters. The number of phenols is 1. The molecular formula is C35H40O12. The first-order chi connectivity index (χ1) is 22.8. The van der Waals surface area contributed by atoms with Crippen LogP contribution >= 0.6 is 0 Å². The Morgan fingerprint density at radius 2 is 1.28 bits per heavy atom. The highest BCUT2D eigenvalue weighted by atomic mass is 16.5. The van der Waals surface area contributed by atoms with Gasteiger partial charge in [-0.25, -0.2) is 4.79 Å². The van der Waals surface area contributed by atoms with Crippen molar-refractivity contribution < 1.29 is 57.4 Å². The maximum Gasteiger partial charge on any atom is 0.330 e. The van der Waals surface area contributed by atoms with Gasteiger partial charge >= 0.3 is 17.9 Å². The van der Waals surface area contributed by atoms with E-state index in [1.165, 1.54) is 46.7 Å².